The summed E-state index contributed by atoms with van der Waals surface area (Å²) in [6.45, 7) is 7.63. The third-order valence-corrected chi connectivity index (χ3v) is 5.84. The standard InChI is InChI=1S/C23H28N4O/c1-16-7-8-17(2)27(16)21-11-9-20(10-12-21)23(28)24-13-14-26-18(3)15-25-22(26)19-5-4-6-19/h7-12,15,19H,4-6,13-14H2,1-3H3,(H,24,28). The molecular weight excluding hydrogens is 348 g/mol. The first-order valence-corrected chi connectivity index (χ1v) is 10.1. The number of imidazole rings is 1. The van der Waals surface area contributed by atoms with Crippen molar-refractivity contribution in [2.24, 2.45) is 0 Å². The lowest BCUT2D eigenvalue weighted by Crippen LogP contribution is -2.28. The molecule has 0 bridgehead atoms. The lowest BCUT2D eigenvalue weighted by atomic mass is 9.85. The Bertz CT molecular complexity index is 957. The van der Waals surface area contributed by atoms with Crippen LogP contribution in [0.4, 0.5) is 0 Å². The van der Waals surface area contributed by atoms with Crippen LogP contribution < -0.4 is 5.32 Å². The van der Waals surface area contributed by atoms with Crippen LogP contribution >= 0.6 is 0 Å². The monoisotopic (exact) mass is 376 g/mol. The van der Waals surface area contributed by atoms with Gasteiger partial charge in [0, 0.05) is 53.5 Å². The highest BCUT2D eigenvalue weighted by Gasteiger charge is 2.24. The van der Waals surface area contributed by atoms with Gasteiger partial charge in [-0.2, -0.15) is 0 Å². The molecular formula is C23H28N4O. The molecule has 0 aliphatic heterocycles. The fourth-order valence-electron chi connectivity index (χ4n) is 3.98. The second-order valence-electron chi connectivity index (χ2n) is 7.79. The summed E-state index contributed by atoms with van der Waals surface area (Å²) in [5.74, 6) is 1.74. The first kappa shape index (κ1) is 18.5. The van der Waals surface area contributed by atoms with Gasteiger partial charge in [0.2, 0.25) is 0 Å². The van der Waals surface area contributed by atoms with Crippen LogP contribution in [0.5, 0.6) is 0 Å². The number of hydrogen-bond donors (Lipinski definition) is 1. The lowest BCUT2D eigenvalue weighted by molar-refractivity contribution is 0.0952. The van der Waals surface area contributed by atoms with Gasteiger partial charge in [0.25, 0.3) is 5.91 Å². The normalized spacial score (nSPS) is 14.1. The molecule has 4 rings (SSSR count). The van der Waals surface area contributed by atoms with Gasteiger partial charge < -0.3 is 14.5 Å². The summed E-state index contributed by atoms with van der Waals surface area (Å²) in [5, 5.41) is 3.05. The van der Waals surface area contributed by atoms with Crippen molar-refractivity contribution in [3.8, 4) is 5.69 Å². The first-order valence-electron chi connectivity index (χ1n) is 10.1. The summed E-state index contributed by atoms with van der Waals surface area (Å²) in [6, 6.07) is 12.0. The Morgan fingerprint density at radius 3 is 2.32 bits per heavy atom. The number of amides is 1. The van der Waals surface area contributed by atoms with Crippen LogP contribution in [0.2, 0.25) is 0 Å². The number of aryl methyl sites for hydroxylation is 3. The Balaban J connectivity index is 1.38. The van der Waals surface area contributed by atoms with Crippen molar-refractivity contribution in [3.05, 3.63) is 71.1 Å². The minimum atomic E-state index is -0.0320. The van der Waals surface area contributed by atoms with E-state index in [1.165, 1.54) is 36.5 Å². The highest BCUT2D eigenvalue weighted by atomic mass is 16.1. The number of carbonyl (C=O) groups is 1. The van der Waals surface area contributed by atoms with Crippen molar-refractivity contribution < 1.29 is 4.79 Å². The summed E-state index contributed by atoms with van der Waals surface area (Å²) in [7, 11) is 0. The summed E-state index contributed by atoms with van der Waals surface area (Å²) in [5.41, 5.74) is 5.31. The Hall–Kier alpha value is -2.82. The van der Waals surface area contributed by atoms with Gasteiger partial charge in [0.1, 0.15) is 5.82 Å². The van der Waals surface area contributed by atoms with Gasteiger partial charge in [-0.05, 0) is 70.0 Å². The van der Waals surface area contributed by atoms with Crippen molar-refractivity contribution >= 4 is 5.91 Å². The molecule has 2 heterocycles. The highest BCUT2D eigenvalue weighted by molar-refractivity contribution is 5.94. The molecule has 1 saturated carbocycles. The quantitative estimate of drug-likeness (QED) is 0.697. The molecule has 3 aromatic rings. The maximum absolute atomic E-state index is 12.5. The molecule has 0 atom stereocenters. The third kappa shape index (κ3) is 3.49. The number of carbonyl (C=O) groups excluding carboxylic acids is 1. The van der Waals surface area contributed by atoms with Gasteiger partial charge >= 0.3 is 0 Å². The topological polar surface area (TPSA) is 51.9 Å². The number of benzene rings is 1. The summed E-state index contributed by atoms with van der Waals surface area (Å²) in [4.78, 5) is 17.1. The predicted molar refractivity (Wildman–Crippen MR) is 111 cm³/mol. The van der Waals surface area contributed by atoms with Gasteiger partial charge in [0.15, 0.2) is 0 Å². The van der Waals surface area contributed by atoms with Gasteiger partial charge in [-0.3, -0.25) is 4.79 Å². The molecule has 0 radical (unpaired) electrons. The fraction of sp³-hybridized carbons (Fsp3) is 0.391. The molecule has 5 nitrogen and oxygen atoms in total. The van der Waals surface area contributed by atoms with E-state index in [0.29, 0.717) is 18.0 Å². The van der Waals surface area contributed by atoms with Crippen molar-refractivity contribution in [1.82, 2.24) is 19.4 Å². The Morgan fingerprint density at radius 1 is 1.04 bits per heavy atom. The van der Waals surface area contributed by atoms with Gasteiger partial charge in [-0.25, -0.2) is 4.98 Å². The van der Waals surface area contributed by atoms with E-state index >= 15 is 0 Å². The number of nitrogens with zero attached hydrogens (tertiary/aromatic N) is 3. The highest BCUT2D eigenvalue weighted by Crippen LogP contribution is 2.35. The van der Waals surface area contributed by atoms with Crippen molar-refractivity contribution in [3.63, 3.8) is 0 Å². The van der Waals surface area contributed by atoms with Gasteiger partial charge in [-0.15, -0.1) is 0 Å². The van der Waals surface area contributed by atoms with Gasteiger partial charge in [-0.1, -0.05) is 6.42 Å². The molecule has 146 valence electrons. The SMILES string of the molecule is Cc1cnc(C2CCC2)n1CCNC(=O)c1ccc(-n2c(C)ccc2C)cc1. The van der Waals surface area contributed by atoms with Crippen LogP contribution in [0.15, 0.2) is 42.6 Å². The van der Waals surface area contributed by atoms with Gasteiger partial charge in [0.05, 0.1) is 0 Å². The number of nitrogens with one attached hydrogen (secondary N) is 1. The van der Waals surface area contributed by atoms with Crippen LogP contribution in [-0.4, -0.2) is 26.6 Å². The van der Waals surface area contributed by atoms with Crippen LogP contribution in [-0.2, 0) is 6.54 Å². The van der Waals surface area contributed by atoms with E-state index in [4.69, 9.17) is 0 Å². The molecule has 2 aromatic heterocycles. The summed E-state index contributed by atoms with van der Waals surface area (Å²) >= 11 is 0. The van der Waals surface area contributed by atoms with E-state index in [1.54, 1.807) is 0 Å². The van der Waals surface area contributed by atoms with E-state index < -0.39 is 0 Å². The molecule has 1 aromatic carbocycles. The predicted octanol–water partition coefficient (Wildman–Crippen LogP) is 4.30. The molecule has 28 heavy (non-hydrogen) atoms. The zero-order valence-electron chi connectivity index (χ0n) is 16.9. The maximum Gasteiger partial charge on any atom is 0.251 e. The Kier molecular flexibility index (Phi) is 5.07. The minimum absolute atomic E-state index is 0.0320. The molecule has 1 aliphatic carbocycles. The van der Waals surface area contributed by atoms with Crippen molar-refractivity contribution in [1.29, 1.82) is 0 Å². The average Bonchev–Trinajstić information content (AvgIpc) is 3.16. The molecule has 1 fully saturated rings. The van der Waals surface area contributed by atoms with Crippen molar-refractivity contribution in [2.45, 2.75) is 52.5 Å². The second-order valence-corrected chi connectivity index (χ2v) is 7.79. The van der Waals surface area contributed by atoms with E-state index in [1.807, 2.05) is 30.5 Å². The third-order valence-electron chi connectivity index (χ3n) is 5.84. The zero-order valence-corrected chi connectivity index (χ0v) is 16.9. The zero-order chi connectivity index (χ0) is 19.7. The smallest absolute Gasteiger partial charge is 0.251 e. The summed E-state index contributed by atoms with van der Waals surface area (Å²) < 4.78 is 4.44. The molecule has 1 N–H and O–H groups in total. The van der Waals surface area contributed by atoms with E-state index in [0.717, 1.165) is 17.9 Å². The van der Waals surface area contributed by atoms with Crippen LogP contribution in [0, 0.1) is 20.8 Å². The minimum Gasteiger partial charge on any atom is -0.350 e. The average molecular weight is 377 g/mol. The van der Waals surface area contributed by atoms with E-state index in [9.17, 15) is 4.79 Å². The maximum atomic E-state index is 12.5. The molecule has 0 spiro atoms. The van der Waals surface area contributed by atoms with Crippen LogP contribution in [0.3, 0.4) is 0 Å². The molecule has 5 heteroatoms. The number of hydrogen-bond acceptors (Lipinski definition) is 2. The second kappa shape index (κ2) is 7.66. The van der Waals surface area contributed by atoms with Crippen LogP contribution in [0.1, 0.15) is 58.4 Å². The van der Waals surface area contributed by atoms with Crippen molar-refractivity contribution in [2.75, 3.05) is 6.54 Å². The fourth-order valence-corrected chi connectivity index (χ4v) is 3.98. The summed E-state index contributed by atoms with van der Waals surface area (Å²) in [6.07, 6.45) is 5.70. The Labute approximate surface area is 166 Å². The van der Waals surface area contributed by atoms with E-state index in [-0.39, 0.29) is 5.91 Å². The molecule has 0 unspecified atom stereocenters. The van der Waals surface area contributed by atoms with E-state index in [2.05, 4.69) is 52.3 Å². The number of rotatable bonds is 6. The number of aromatic nitrogens is 3. The largest absolute Gasteiger partial charge is 0.350 e. The molecule has 0 saturated heterocycles. The Morgan fingerprint density at radius 2 is 1.71 bits per heavy atom. The lowest BCUT2D eigenvalue weighted by Gasteiger charge is -2.26. The molecule has 1 amide bonds. The first-order chi connectivity index (χ1) is 13.5. The van der Waals surface area contributed by atoms with Crippen LogP contribution in [0.25, 0.3) is 5.69 Å². The molecule has 1 aliphatic rings.